The zero-order chi connectivity index (χ0) is 15.0. The Hall–Kier alpha value is -1.30. The summed E-state index contributed by atoms with van der Waals surface area (Å²) in [6, 6.07) is 9.99. The number of halogens is 3. The maximum Gasteiger partial charge on any atom is 0.145 e. The summed E-state index contributed by atoms with van der Waals surface area (Å²) >= 11 is 4.70. The highest BCUT2D eigenvalue weighted by Gasteiger charge is 2.24. The van der Waals surface area contributed by atoms with Crippen LogP contribution >= 0.6 is 27.3 Å². The quantitative estimate of drug-likeness (QED) is 0.623. The normalized spacial score (nSPS) is 12.8. The van der Waals surface area contributed by atoms with Crippen molar-refractivity contribution < 1.29 is 8.78 Å². The Balaban J connectivity index is 2.22. The van der Waals surface area contributed by atoms with E-state index in [-0.39, 0.29) is 10.0 Å². The molecule has 0 spiro atoms. The van der Waals surface area contributed by atoms with Crippen molar-refractivity contribution in [1.82, 2.24) is 5.32 Å². The molecule has 0 aliphatic heterocycles. The van der Waals surface area contributed by atoms with Gasteiger partial charge in [-0.1, -0.05) is 18.2 Å². The summed E-state index contributed by atoms with van der Waals surface area (Å²) in [6.07, 6.45) is 0. The summed E-state index contributed by atoms with van der Waals surface area (Å²) in [5, 5.41) is 5.99. The maximum atomic E-state index is 14.4. The van der Waals surface area contributed by atoms with E-state index in [4.69, 9.17) is 0 Å². The second-order valence-corrected chi connectivity index (χ2v) is 6.43. The van der Waals surface area contributed by atoms with Gasteiger partial charge in [-0.15, -0.1) is 11.3 Å². The first-order valence-corrected chi connectivity index (χ1v) is 8.07. The van der Waals surface area contributed by atoms with Gasteiger partial charge in [0.05, 0.1) is 10.5 Å². The van der Waals surface area contributed by atoms with E-state index in [0.717, 1.165) is 15.6 Å². The Morgan fingerprint density at radius 1 is 1.14 bits per heavy atom. The third kappa shape index (κ3) is 2.50. The molecule has 0 saturated carbocycles. The van der Waals surface area contributed by atoms with Gasteiger partial charge in [-0.3, -0.25) is 0 Å². The van der Waals surface area contributed by atoms with Crippen LogP contribution in [0.5, 0.6) is 0 Å². The van der Waals surface area contributed by atoms with Gasteiger partial charge < -0.3 is 5.32 Å². The number of hydrogen-bond acceptors (Lipinski definition) is 2. The topological polar surface area (TPSA) is 12.0 Å². The summed E-state index contributed by atoms with van der Waals surface area (Å²) in [7, 11) is 1.71. The van der Waals surface area contributed by atoms with Gasteiger partial charge in [-0.25, -0.2) is 8.78 Å². The van der Waals surface area contributed by atoms with Crippen molar-refractivity contribution in [3.63, 3.8) is 0 Å². The molecule has 3 rings (SSSR count). The number of fused-ring (bicyclic) bond motifs is 1. The van der Waals surface area contributed by atoms with Crippen molar-refractivity contribution >= 4 is 37.4 Å². The monoisotopic (exact) mass is 367 g/mol. The fraction of sp³-hybridized carbons (Fsp3) is 0.125. The Bertz CT molecular complexity index is 800. The first-order chi connectivity index (χ1) is 10.1. The van der Waals surface area contributed by atoms with Crippen LogP contribution in [-0.4, -0.2) is 7.05 Å². The van der Waals surface area contributed by atoms with E-state index < -0.39 is 17.7 Å². The fourth-order valence-corrected chi connectivity index (χ4v) is 3.82. The molecule has 0 bridgehead atoms. The molecule has 0 fully saturated rings. The minimum absolute atomic E-state index is 0.0374. The highest BCUT2D eigenvalue weighted by molar-refractivity contribution is 9.10. The lowest BCUT2D eigenvalue weighted by atomic mass is 9.97. The van der Waals surface area contributed by atoms with E-state index in [9.17, 15) is 8.78 Å². The third-order valence-corrected chi connectivity index (χ3v) is 5.07. The van der Waals surface area contributed by atoms with E-state index in [1.807, 2.05) is 29.6 Å². The molecule has 1 N–H and O–H groups in total. The predicted octanol–water partition coefficient (Wildman–Crippen LogP) is 5.25. The second kappa shape index (κ2) is 5.83. The van der Waals surface area contributed by atoms with Crippen LogP contribution in [0.1, 0.15) is 17.2 Å². The van der Waals surface area contributed by atoms with Crippen molar-refractivity contribution in [3.05, 3.63) is 69.0 Å². The molecule has 0 saturated heterocycles. The highest BCUT2D eigenvalue weighted by atomic mass is 79.9. The van der Waals surface area contributed by atoms with Crippen molar-refractivity contribution in [2.24, 2.45) is 0 Å². The van der Waals surface area contributed by atoms with E-state index in [2.05, 4.69) is 21.2 Å². The molecule has 1 heterocycles. The van der Waals surface area contributed by atoms with Crippen LogP contribution in [0, 0.1) is 11.6 Å². The molecule has 1 aromatic heterocycles. The number of nitrogens with one attached hydrogen (secondary N) is 1. The smallest absolute Gasteiger partial charge is 0.145 e. The Kier molecular flexibility index (Phi) is 4.06. The minimum atomic E-state index is -0.565. The lowest BCUT2D eigenvalue weighted by Crippen LogP contribution is -2.20. The summed E-state index contributed by atoms with van der Waals surface area (Å²) < 4.78 is 29.9. The zero-order valence-electron chi connectivity index (χ0n) is 11.2. The van der Waals surface area contributed by atoms with Gasteiger partial charge in [0.1, 0.15) is 11.6 Å². The van der Waals surface area contributed by atoms with Gasteiger partial charge in [0, 0.05) is 10.3 Å². The van der Waals surface area contributed by atoms with Crippen LogP contribution in [0.3, 0.4) is 0 Å². The maximum absolute atomic E-state index is 14.4. The van der Waals surface area contributed by atoms with E-state index in [1.165, 1.54) is 12.1 Å². The van der Waals surface area contributed by atoms with E-state index in [0.29, 0.717) is 0 Å². The van der Waals surface area contributed by atoms with Crippen molar-refractivity contribution in [1.29, 1.82) is 0 Å². The number of benzene rings is 2. The van der Waals surface area contributed by atoms with Gasteiger partial charge in [-0.05, 0) is 57.5 Å². The molecule has 108 valence electrons. The predicted molar refractivity (Wildman–Crippen MR) is 86.8 cm³/mol. The summed E-state index contributed by atoms with van der Waals surface area (Å²) in [5.74, 6) is -1.12. The SMILES string of the molecule is CNC(c1c(F)ccc(Br)c1F)c1csc2ccccc12. The molecule has 0 aliphatic rings. The van der Waals surface area contributed by atoms with Crippen LogP contribution in [0.2, 0.25) is 0 Å². The first kappa shape index (κ1) is 14.6. The Morgan fingerprint density at radius 3 is 2.67 bits per heavy atom. The van der Waals surface area contributed by atoms with Gasteiger partial charge in [0.15, 0.2) is 0 Å². The number of rotatable bonds is 3. The Labute approximate surface area is 133 Å². The Morgan fingerprint density at radius 2 is 1.90 bits per heavy atom. The molecule has 0 amide bonds. The van der Waals surface area contributed by atoms with Crippen LogP contribution in [0.4, 0.5) is 8.78 Å². The average molecular weight is 368 g/mol. The summed E-state index contributed by atoms with van der Waals surface area (Å²) in [4.78, 5) is 0. The third-order valence-electron chi connectivity index (χ3n) is 3.48. The second-order valence-electron chi connectivity index (χ2n) is 4.67. The molecule has 1 nitrogen and oxygen atoms in total. The molecule has 0 aliphatic carbocycles. The van der Waals surface area contributed by atoms with Crippen LogP contribution in [0.15, 0.2) is 46.3 Å². The molecule has 2 aromatic carbocycles. The molecule has 5 heteroatoms. The minimum Gasteiger partial charge on any atom is -0.309 e. The summed E-state index contributed by atoms with van der Waals surface area (Å²) in [6.45, 7) is 0. The first-order valence-electron chi connectivity index (χ1n) is 6.40. The fourth-order valence-electron chi connectivity index (χ4n) is 2.48. The van der Waals surface area contributed by atoms with Gasteiger partial charge in [0.25, 0.3) is 0 Å². The lowest BCUT2D eigenvalue weighted by Gasteiger charge is -2.18. The number of thiophene rings is 1. The molecule has 3 aromatic rings. The summed E-state index contributed by atoms with van der Waals surface area (Å²) in [5.41, 5.74) is 0.921. The van der Waals surface area contributed by atoms with Crippen molar-refractivity contribution in [2.75, 3.05) is 7.05 Å². The van der Waals surface area contributed by atoms with E-state index >= 15 is 0 Å². The molecular formula is C16H12BrF2NS. The van der Waals surface area contributed by atoms with E-state index in [1.54, 1.807) is 18.4 Å². The van der Waals surface area contributed by atoms with Gasteiger partial charge in [-0.2, -0.15) is 0 Å². The van der Waals surface area contributed by atoms with Crippen LogP contribution in [-0.2, 0) is 0 Å². The lowest BCUT2D eigenvalue weighted by molar-refractivity contribution is 0.520. The standard InChI is InChI=1S/C16H12BrF2NS/c1-20-16(14-12(18)7-6-11(17)15(14)19)10-8-21-13-5-3-2-4-9(10)13/h2-8,16,20H,1H3. The molecule has 0 radical (unpaired) electrons. The molecule has 1 unspecified atom stereocenters. The largest absolute Gasteiger partial charge is 0.309 e. The average Bonchev–Trinajstić information content (AvgIpc) is 2.91. The van der Waals surface area contributed by atoms with Crippen molar-refractivity contribution in [2.45, 2.75) is 6.04 Å². The zero-order valence-corrected chi connectivity index (χ0v) is 13.6. The van der Waals surface area contributed by atoms with Gasteiger partial charge >= 0.3 is 0 Å². The highest BCUT2D eigenvalue weighted by Crippen LogP contribution is 2.36. The molecular weight excluding hydrogens is 356 g/mol. The van der Waals surface area contributed by atoms with Crippen LogP contribution in [0.25, 0.3) is 10.1 Å². The van der Waals surface area contributed by atoms with Gasteiger partial charge in [0.2, 0.25) is 0 Å². The van der Waals surface area contributed by atoms with Crippen molar-refractivity contribution in [3.8, 4) is 0 Å². The molecule has 1 atom stereocenters. The molecule has 21 heavy (non-hydrogen) atoms. The number of hydrogen-bond donors (Lipinski definition) is 1. The van der Waals surface area contributed by atoms with Crippen LogP contribution < -0.4 is 5.32 Å².